The summed E-state index contributed by atoms with van der Waals surface area (Å²) in [6, 6.07) is 7.20. The van der Waals surface area contributed by atoms with E-state index in [1.165, 1.54) is 6.20 Å². The molecule has 1 aromatic carbocycles. The molecule has 0 saturated carbocycles. The standard InChI is InChI=1S/C15H20N4O2.ClH/c1-4-19(5-2)12-6-7-13(11(3)10-12)17-15(20)18-14-8-9-16-21-14;/h6-10H,4-5H2,1-3H3,(H2,17,18,20);1H/p-1. The summed E-state index contributed by atoms with van der Waals surface area (Å²) in [5, 5.41) is 8.89. The highest BCUT2D eigenvalue weighted by molar-refractivity contribution is 5.99. The number of nitrogens with one attached hydrogen (secondary N) is 2. The second kappa shape index (κ2) is 8.29. The predicted molar refractivity (Wildman–Crippen MR) is 83.9 cm³/mol. The maximum Gasteiger partial charge on any atom is 0.326 e. The molecule has 2 N–H and O–H groups in total. The van der Waals surface area contributed by atoms with Crippen molar-refractivity contribution in [1.82, 2.24) is 5.16 Å². The Morgan fingerprint density at radius 1 is 1.23 bits per heavy atom. The second-order valence-corrected chi connectivity index (χ2v) is 4.63. The van der Waals surface area contributed by atoms with Crippen LogP contribution in [0.5, 0.6) is 0 Å². The van der Waals surface area contributed by atoms with Gasteiger partial charge in [-0.15, -0.1) is 0 Å². The van der Waals surface area contributed by atoms with E-state index in [4.69, 9.17) is 4.52 Å². The number of carbonyl (C=O) groups is 1. The second-order valence-electron chi connectivity index (χ2n) is 4.63. The molecule has 0 atom stereocenters. The smallest absolute Gasteiger partial charge is 0.326 e. The van der Waals surface area contributed by atoms with Gasteiger partial charge in [0, 0.05) is 30.5 Å². The van der Waals surface area contributed by atoms with Crippen molar-refractivity contribution in [3.8, 4) is 0 Å². The Morgan fingerprint density at radius 2 is 1.95 bits per heavy atom. The summed E-state index contributed by atoms with van der Waals surface area (Å²) in [6.07, 6.45) is 1.47. The number of hydrogen-bond acceptors (Lipinski definition) is 4. The van der Waals surface area contributed by atoms with Crippen LogP contribution in [0, 0.1) is 6.92 Å². The zero-order chi connectivity index (χ0) is 15.2. The van der Waals surface area contributed by atoms with Gasteiger partial charge in [0.25, 0.3) is 0 Å². The normalized spacial score (nSPS) is 9.77. The van der Waals surface area contributed by atoms with Gasteiger partial charge >= 0.3 is 6.03 Å². The third-order valence-corrected chi connectivity index (χ3v) is 3.26. The van der Waals surface area contributed by atoms with E-state index in [9.17, 15) is 4.79 Å². The summed E-state index contributed by atoms with van der Waals surface area (Å²) in [4.78, 5) is 14.1. The number of urea groups is 1. The predicted octanol–water partition coefficient (Wildman–Crippen LogP) is 0.477. The molecule has 6 nitrogen and oxygen atoms in total. The monoisotopic (exact) mass is 323 g/mol. The van der Waals surface area contributed by atoms with Gasteiger partial charge in [-0.25, -0.2) is 4.79 Å². The molecule has 0 spiro atoms. The molecule has 1 heterocycles. The van der Waals surface area contributed by atoms with Crippen LogP contribution in [0.3, 0.4) is 0 Å². The Hall–Kier alpha value is -2.21. The quantitative estimate of drug-likeness (QED) is 0.839. The lowest BCUT2D eigenvalue weighted by Crippen LogP contribution is -3.00. The molecule has 0 aliphatic carbocycles. The number of hydrogen-bond donors (Lipinski definition) is 2. The van der Waals surface area contributed by atoms with Crippen molar-refractivity contribution < 1.29 is 21.7 Å². The molecule has 0 radical (unpaired) electrons. The number of halogens is 1. The molecule has 22 heavy (non-hydrogen) atoms. The van der Waals surface area contributed by atoms with Gasteiger partial charge in [-0.3, -0.25) is 5.32 Å². The zero-order valence-corrected chi connectivity index (χ0v) is 13.6. The largest absolute Gasteiger partial charge is 1.00 e. The minimum atomic E-state index is -0.356. The fourth-order valence-corrected chi connectivity index (χ4v) is 2.12. The fourth-order valence-electron chi connectivity index (χ4n) is 2.12. The van der Waals surface area contributed by atoms with Crippen molar-refractivity contribution in [2.45, 2.75) is 20.8 Å². The van der Waals surface area contributed by atoms with Gasteiger partial charge < -0.3 is 27.1 Å². The van der Waals surface area contributed by atoms with Crippen LogP contribution in [0.1, 0.15) is 19.4 Å². The van der Waals surface area contributed by atoms with E-state index in [-0.39, 0.29) is 18.4 Å². The van der Waals surface area contributed by atoms with Crippen LogP contribution in [0.15, 0.2) is 35.0 Å². The van der Waals surface area contributed by atoms with E-state index in [2.05, 4.69) is 40.6 Å². The molecule has 2 aromatic rings. The number of carbonyl (C=O) groups excluding carboxylic acids is 1. The lowest BCUT2D eigenvalue weighted by molar-refractivity contribution is -0.00000788. The minimum Gasteiger partial charge on any atom is -1.00 e. The summed E-state index contributed by atoms with van der Waals surface area (Å²) < 4.78 is 4.82. The Morgan fingerprint density at radius 3 is 2.50 bits per heavy atom. The number of anilines is 3. The molecule has 1 aromatic heterocycles. The van der Waals surface area contributed by atoms with Gasteiger partial charge in [-0.05, 0) is 44.5 Å². The third-order valence-electron chi connectivity index (χ3n) is 3.26. The Balaban J connectivity index is 0.00000242. The fraction of sp³-hybridized carbons (Fsp3) is 0.333. The first-order valence-corrected chi connectivity index (χ1v) is 6.98. The highest BCUT2D eigenvalue weighted by Crippen LogP contribution is 2.22. The van der Waals surface area contributed by atoms with Crippen molar-refractivity contribution in [2.75, 3.05) is 28.6 Å². The average Bonchev–Trinajstić information content (AvgIpc) is 2.96. The van der Waals surface area contributed by atoms with Crippen LogP contribution in [0.2, 0.25) is 0 Å². The van der Waals surface area contributed by atoms with Gasteiger partial charge in [0.15, 0.2) is 0 Å². The van der Waals surface area contributed by atoms with Crippen LogP contribution in [-0.4, -0.2) is 24.3 Å². The first-order chi connectivity index (χ1) is 10.1. The van der Waals surface area contributed by atoms with Crippen LogP contribution in [0.4, 0.5) is 22.1 Å². The molecular formula is C15H20ClN4O2-. The van der Waals surface area contributed by atoms with E-state index in [1.54, 1.807) is 6.07 Å². The number of aromatic nitrogens is 1. The summed E-state index contributed by atoms with van der Waals surface area (Å²) in [7, 11) is 0. The van der Waals surface area contributed by atoms with Gasteiger partial charge in [-0.1, -0.05) is 5.16 Å². The zero-order valence-electron chi connectivity index (χ0n) is 12.9. The molecule has 2 rings (SSSR count). The topological polar surface area (TPSA) is 70.4 Å². The van der Waals surface area contributed by atoms with Gasteiger partial charge in [0.05, 0.1) is 6.20 Å². The van der Waals surface area contributed by atoms with Crippen LogP contribution < -0.4 is 27.9 Å². The number of benzene rings is 1. The highest BCUT2D eigenvalue weighted by atomic mass is 35.5. The molecule has 7 heteroatoms. The minimum absolute atomic E-state index is 0. The first-order valence-electron chi connectivity index (χ1n) is 6.98. The van der Waals surface area contributed by atoms with Gasteiger partial charge in [0.1, 0.15) is 0 Å². The molecule has 0 aliphatic heterocycles. The highest BCUT2D eigenvalue weighted by Gasteiger charge is 2.09. The lowest BCUT2D eigenvalue weighted by atomic mass is 10.1. The summed E-state index contributed by atoms with van der Waals surface area (Å²) >= 11 is 0. The van der Waals surface area contributed by atoms with E-state index in [0.29, 0.717) is 5.88 Å². The first kappa shape index (κ1) is 17.8. The SMILES string of the molecule is CCN(CC)c1ccc(NC(=O)Nc2ccno2)c(C)c1.[Cl-]. The Labute approximate surface area is 136 Å². The molecule has 120 valence electrons. The Kier molecular flexibility index (Phi) is 6.72. The number of aryl methyl sites for hydroxylation is 1. The lowest BCUT2D eigenvalue weighted by Gasteiger charge is -2.22. The summed E-state index contributed by atoms with van der Waals surface area (Å²) in [6.45, 7) is 8.12. The van der Waals surface area contributed by atoms with Crippen molar-refractivity contribution in [2.24, 2.45) is 0 Å². The van der Waals surface area contributed by atoms with Crippen molar-refractivity contribution in [1.29, 1.82) is 0 Å². The van der Waals surface area contributed by atoms with Crippen LogP contribution in [0.25, 0.3) is 0 Å². The molecule has 0 saturated heterocycles. The van der Waals surface area contributed by atoms with E-state index in [0.717, 1.165) is 30.0 Å². The average molecular weight is 324 g/mol. The van der Waals surface area contributed by atoms with Crippen LogP contribution >= 0.6 is 0 Å². The molecule has 2 amide bonds. The maximum absolute atomic E-state index is 11.8. The van der Waals surface area contributed by atoms with Crippen molar-refractivity contribution >= 4 is 23.3 Å². The molecule has 0 fully saturated rings. The number of rotatable bonds is 5. The van der Waals surface area contributed by atoms with E-state index < -0.39 is 0 Å². The molecule has 0 bridgehead atoms. The van der Waals surface area contributed by atoms with Crippen molar-refractivity contribution in [3.05, 3.63) is 36.0 Å². The summed E-state index contributed by atoms with van der Waals surface area (Å²) in [5.74, 6) is 0.310. The third kappa shape index (κ3) is 4.39. The maximum atomic E-state index is 11.8. The van der Waals surface area contributed by atoms with Gasteiger partial charge in [0.2, 0.25) is 5.88 Å². The number of amides is 2. The summed E-state index contributed by atoms with van der Waals surface area (Å²) in [5.41, 5.74) is 2.92. The van der Waals surface area contributed by atoms with Crippen molar-refractivity contribution in [3.63, 3.8) is 0 Å². The molecule has 0 aliphatic rings. The number of nitrogens with zero attached hydrogens (tertiary/aromatic N) is 2. The van der Waals surface area contributed by atoms with E-state index in [1.807, 2.05) is 19.1 Å². The molecule has 0 unspecified atom stereocenters. The van der Waals surface area contributed by atoms with E-state index >= 15 is 0 Å². The van der Waals surface area contributed by atoms with Gasteiger partial charge in [-0.2, -0.15) is 0 Å². The van der Waals surface area contributed by atoms with Crippen LogP contribution in [-0.2, 0) is 0 Å². The molecular weight excluding hydrogens is 304 g/mol. The Bertz CT molecular complexity index is 598.